The number of amides is 1. The van der Waals surface area contributed by atoms with Crippen LogP contribution in [0.3, 0.4) is 0 Å². The topological polar surface area (TPSA) is 29.5 Å². The highest BCUT2D eigenvalue weighted by Gasteiger charge is 2.25. The summed E-state index contributed by atoms with van der Waals surface area (Å²) in [4.78, 5) is 13.9. The number of halogens is 3. The van der Waals surface area contributed by atoms with E-state index in [0.717, 1.165) is 18.2 Å². The molecule has 1 amide bonds. The smallest absolute Gasteiger partial charge is 0.256 e. The molecule has 1 aromatic carbocycles. The lowest BCUT2D eigenvalue weighted by molar-refractivity contribution is 0.0158. The fraction of sp³-hybridized carbons (Fsp3) is 0.500. The molecule has 1 aromatic rings. The third kappa shape index (κ3) is 3.93. The maximum Gasteiger partial charge on any atom is 0.256 e. The average molecular weight is 365 g/mol. The van der Waals surface area contributed by atoms with Crippen molar-refractivity contribution in [3.63, 3.8) is 0 Å². The van der Waals surface area contributed by atoms with Gasteiger partial charge in [-0.25, -0.2) is 4.39 Å². The largest absolute Gasteiger partial charge is 0.377 e. The average Bonchev–Trinajstić information content (AvgIpc) is 2.47. The zero-order chi connectivity index (χ0) is 14.5. The van der Waals surface area contributed by atoms with Crippen molar-refractivity contribution in [3.05, 3.63) is 34.6 Å². The maximum absolute atomic E-state index is 13.7. The van der Waals surface area contributed by atoms with Crippen molar-refractivity contribution < 1.29 is 13.9 Å². The van der Waals surface area contributed by atoms with E-state index in [1.807, 2.05) is 0 Å². The van der Waals surface area contributed by atoms with Crippen molar-refractivity contribution in [2.45, 2.75) is 18.9 Å². The summed E-state index contributed by atoms with van der Waals surface area (Å²) in [5.41, 5.74) is 0.0392. The van der Waals surface area contributed by atoms with Crippen LogP contribution < -0.4 is 0 Å². The van der Waals surface area contributed by atoms with Gasteiger partial charge in [0, 0.05) is 23.4 Å². The molecule has 0 saturated carbocycles. The molecule has 0 N–H and O–H groups in total. The highest BCUT2D eigenvalue weighted by Crippen LogP contribution is 2.20. The van der Waals surface area contributed by atoms with Gasteiger partial charge in [-0.15, -0.1) is 0 Å². The third-order valence-corrected chi connectivity index (χ3v) is 3.88. The van der Waals surface area contributed by atoms with Gasteiger partial charge >= 0.3 is 0 Å². The van der Waals surface area contributed by atoms with E-state index in [1.165, 1.54) is 18.2 Å². The first kappa shape index (κ1) is 15.7. The molecule has 0 aromatic heterocycles. The monoisotopic (exact) mass is 363 g/mol. The number of likely N-dealkylation sites (tertiary alicyclic amines) is 1. The third-order valence-electron chi connectivity index (χ3n) is 3.32. The maximum atomic E-state index is 13.7. The minimum Gasteiger partial charge on any atom is -0.377 e. The van der Waals surface area contributed by atoms with Gasteiger partial charge in [0.25, 0.3) is 5.91 Å². The Balaban J connectivity index is 1.96. The Bertz CT molecular complexity index is 478. The van der Waals surface area contributed by atoms with Crippen LogP contribution >= 0.6 is 27.5 Å². The van der Waals surface area contributed by atoms with Gasteiger partial charge in [0.15, 0.2) is 0 Å². The number of benzene rings is 1. The molecular formula is C14H16BrClFNO2. The first-order chi connectivity index (χ1) is 9.61. The van der Waals surface area contributed by atoms with Crippen LogP contribution in [0.15, 0.2) is 18.2 Å². The van der Waals surface area contributed by atoms with Crippen molar-refractivity contribution in [1.29, 1.82) is 0 Å². The van der Waals surface area contributed by atoms with E-state index in [2.05, 4.69) is 15.9 Å². The molecule has 20 heavy (non-hydrogen) atoms. The molecule has 1 fully saturated rings. The van der Waals surface area contributed by atoms with Gasteiger partial charge in [0.05, 0.1) is 18.3 Å². The zero-order valence-electron chi connectivity index (χ0n) is 10.9. The second-order valence-corrected chi connectivity index (χ2v) is 5.90. The van der Waals surface area contributed by atoms with Crippen molar-refractivity contribution in [2.24, 2.45) is 0 Å². The lowest BCUT2D eigenvalue weighted by Crippen LogP contribution is -2.41. The fourth-order valence-electron chi connectivity index (χ4n) is 2.27. The predicted octanol–water partition coefficient (Wildman–Crippen LogP) is 3.50. The summed E-state index contributed by atoms with van der Waals surface area (Å²) in [7, 11) is 0. The van der Waals surface area contributed by atoms with Crippen LogP contribution in [0, 0.1) is 5.82 Å². The second kappa shape index (κ2) is 7.38. The summed E-state index contributed by atoms with van der Waals surface area (Å²) in [6, 6.07) is 4.04. The van der Waals surface area contributed by atoms with E-state index in [0.29, 0.717) is 24.7 Å². The summed E-state index contributed by atoms with van der Waals surface area (Å²) < 4.78 is 19.3. The molecular weight excluding hydrogens is 349 g/mol. The van der Waals surface area contributed by atoms with Gasteiger partial charge in [0.2, 0.25) is 0 Å². The number of alkyl halides is 1. The number of carbonyl (C=O) groups excluding carboxylic acids is 1. The number of ether oxygens (including phenoxy) is 1. The van der Waals surface area contributed by atoms with Crippen LogP contribution in [-0.2, 0) is 4.74 Å². The molecule has 0 atom stereocenters. The molecule has 0 radical (unpaired) electrons. The minimum absolute atomic E-state index is 0.0392. The Labute approximate surface area is 131 Å². The SMILES string of the molecule is O=C(c1cc(Cl)ccc1F)N1CCC(OCCBr)CC1. The molecule has 0 aliphatic carbocycles. The van der Waals surface area contributed by atoms with Crippen LogP contribution in [0.25, 0.3) is 0 Å². The van der Waals surface area contributed by atoms with E-state index in [9.17, 15) is 9.18 Å². The fourth-order valence-corrected chi connectivity index (χ4v) is 2.63. The van der Waals surface area contributed by atoms with Crippen LogP contribution in [0.1, 0.15) is 23.2 Å². The van der Waals surface area contributed by atoms with E-state index >= 15 is 0 Å². The molecule has 1 saturated heterocycles. The molecule has 110 valence electrons. The van der Waals surface area contributed by atoms with Gasteiger partial charge in [-0.1, -0.05) is 27.5 Å². The van der Waals surface area contributed by atoms with Crippen molar-refractivity contribution >= 4 is 33.4 Å². The molecule has 2 rings (SSSR count). The van der Waals surface area contributed by atoms with Gasteiger partial charge in [0.1, 0.15) is 5.82 Å². The van der Waals surface area contributed by atoms with E-state index in [4.69, 9.17) is 16.3 Å². The van der Waals surface area contributed by atoms with Gasteiger partial charge in [-0.3, -0.25) is 4.79 Å². The Hall–Kier alpha value is -0.650. The molecule has 0 bridgehead atoms. The highest BCUT2D eigenvalue weighted by molar-refractivity contribution is 9.09. The number of piperidine rings is 1. The Morgan fingerprint density at radius 2 is 2.15 bits per heavy atom. The van der Waals surface area contributed by atoms with E-state index < -0.39 is 5.82 Å². The molecule has 6 heteroatoms. The standard InChI is InChI=1S/C14H16BrClFNO2/c15-5-8-20-11-3-6-18(7-4-11)14(19)12-9-10(16)1-2-13(12)17/h1-2,9,11H,3-8H2. The predicted molar refractivity (Wildman–Crippen MR) is 80.1 cm³/mol. The lowest BCUT2D eigenvalue weighted by Gasteiger charge is -2.32. The first-order valence-electron chi connectivity index (χ1n) is 6.53. The normalized spacial score (nSPS) is 16.4. The molecule has 3 nitrogen and oxygen atoms in total. The quantitative estimate of drug-likeness (QED) is 0.765. The number of nitrogens with zero attached hydrogens (tertiary/aromatic N) is 1. The molecule has 1 aliphatic rings. The Morgan fingerprint density at radius 3 is 2.80 bits per heavy atom. The summed E-state index contributed by atoms with van der Waals surface area (Å²) in [5, 5.41) is 1.17. The lowest BCUT2D eigenvalue weighted by atomic mass is 10.1. The minimum atomic E-state index is -0.530. The van der Waals surface area contributed by atoms with Crippen molar-refractivity contribution in [1.82, 2.24) is 4.90 Å². The second-order valence-electron chi connectivity index (χ2n) is 4.68. The number of hydrogen-bond acceptors (Lipinski definition) is 2. The molecule has 1 aliphatic heterocycles. The number of hydrogen-bond donors (Lipinski definition) is 0. The summed E-state index contributed by atoms with van der Waals surface area (Å²) in [6.45, 7) is 1.83. The summed E-state index contributed by atoms with van der Waals surface area (Å²) in [6.07, 6.45) is 1.74. The Morgan fingerprint density at radius 1 is 1.45 bits per heavy atom. The number of carbonyl (C=O) groups is 1. The molecule has 0 unspecified atom stereocenters. The first-order valence-corrected chi connectivity index (χ1v) is 8.03. The van der Waals surface area contributed by atoms with Gasteiger partial charge in [-0.05, 0) is 31.0 Å². The van der Waals surface area contributed by atoms with Crippen LogP contribution in [0.5, 0.6) is 0 Å². The van der Waals surface area contributed by atoms with Gasteiger partial charge in [-0.2, -0.15) is 0 Å². The number of rotatable bonds is 4. The summed E-state index contributed by atoms with van der Waals surface area (Å²) in [5.74, 6) is -0.832. The summed E-state index contributed by atoms with van der Waals surface area (Å²) >= 11 is 9.13. The Kier molecular flexibility index (Phi) is 5.81. The highest BCUT2D eigenvalue weighted by atomic mass is 79.9. The molecule has 0 spiro atoms. The van der Waals surface area contributed by atoms with Crippen LogP contribution in [-0.4, -0.2) is 41.9 Å². The van der Waals surface area contributed by atoms with Crippen molar-refractivity contribution in [2.75, 3.05) is 25.0 Å². The van der Waals surface area contributed by atoms with Crippen molar-refractivity contribution in [3.8, 4) is 0 Å². The van der Waals surface area contributed by atoms with Crippen LogP contribution in [0.2, 0.25) is 5.02 Å². The van der Waals surface area contributed by atoms with E-state index in [1.54, 1.807) is 4.90 Å². The molecule has 1 heterocycles. The van der Waals surface area contributed by atoms with Gasteiger partial charge < -0.3 is 9.64 Å². The van der Waals surface area contributed by atoms with E-state index in [-0.39, 0.29) is 17.6 Å². The van der Waals surface area contributed by atoms with Crippen LogP contribution in [0.4, 0.5) is 4.39 Å². The zero-order valence-corrected chi connectivity index (χ0v) is 13.3.